The fraction of sp³-hybridized carbons (Fsp3) is 0.538. The minimum atomic E-state index is 0. The molecule has 1 heterocycles. The Labute approximate surface area is 136 Å². The molecule has 0 amide bonds. The van der Waals surface area contributed by atoms with E-state index < -0.39 is 0 Å². The van der Waals surface area contributed by atoms with E-state index in [1.54, 1.807) is 0 Å². The first-order valence-electron chi connectivity index (χ1n) is 5.47. The van der Waals surface area contributed by atoms with Crippen LogP contribution in [0.25, 0.3) is 0 Å². The fourth-order valence-electron chi connectivity index (χ4n) is 0.927. The van der Waals surface area contributed by atoms with Crippen molar-refractivity contribution < 1.29 is 37.0 Å². The molecular formula is C13H26NO3STi-. The number of nitrogens with zero attached hydrogens (tertiary/aromatic N) is 1. The molecule has 1 aromatic heterocycles. The van der Waals surface area contributed by atoms with Crippen LogP contribution in [0.15, 0.2) is 24.5 Å². The van der Waals surface area contributed by atoms with Crippen LogP contribution in [-0.2, 0) is 28.1 Å². The number of aliphatic hydroxyl groups is 3. The third-order valence-electron chi connectivity index (χ3n) is 1.54. The minimum absolute atomic E-state index is 0. The second kappa shape index (κ2) is 26.6. The van der Waals surface area contributed by atoms with E-state index in [1.807, 2.05) is 24.2 Å². The Morgan fingerprint density at radius 2 is 1.53 bits per heavy atom. The predicted octanol–water partition coefficient (Wildman–Crippen LogP) is 1.40. The topological polar surface area (TPSA) is 73.6 Å². The van der Waals surface area contributed by atoms with Gasteiger partial charge in [-0.2, -0.15) is 11.8 Å². The van der Waals surface area contributed by atoms with Gasteiger partial charge in [-0.15, -0.1) is 5.25 Å². The Morgan fingerprint density at radius 1 is 1.11 bits per heavy atom. The molecule has 0 radical (unpaired) electrons. The number of aliphatic hydroxyl groups excluding tert-OH is 3. The van der Waals surface area contributed by atoms with Crippen LogP contribution < -0.4 is 0 Å². The van der Waals surface area contributed by atoms with E-state index in [0.29, 0.717) is 5.25 Å². The molecule has 0 aliphatic rings. The summed E-state index contributed by atoms with van der Waals surface area (Å²) in [6.45, 7) is 6.04. The molecular weight excluding hydrogens is 298 g/mol. The summed E-state index contributed by atoms with van der Waals surface area (Å²) in [5, 5.41) is 21.5. The van der Waals surface area contributed by atoms with Crippen molar-refractivity contribution in [2.24, 2.45) is 0 Å². The zero-order valence-electron chi connectivity index (χ0n) is 12.2. The number of aromatic nitrogens is 1. The van der Waals surface area contributed by atoms with E-state index in [-0.39, 0.29) is 21.7 Å². The zero-order valence-corrected chi connectivity index (χ0v) is 14.6. The molecule has 19 heavy (non-hydrogen) atoms. The maximum atomic E-state index is 7.00. The summed E-state index contributed by atoms with van der Waals surface area (Å²) in [5.41, 5.74) is 1.36. The average molecular weight is 324 g/mol. The van der Waals surface area contributed by atoms with Crippen molar-refractivity contribution in [3.63, 3.8) is 0 Å². The van der Waals surface area contributed by atoms with Crippen molar-refractivity contribution in [3.8, 4) is 0 Å². The van der Waals surface area contributed by atoms with Crippen LogP contribution in [0.1, 0.15) is 12.5 Å². The van der Waals surface area contributed by atoms with Crippen LogP contribution in [0, 0.1) is 6.92 Å². The molecule has 6 heteroatoms. The van der Waals surface area contributed by atoms with Gasteiger partial charge in [0.15, 0.2) is 0 Å². The van der Waals surface area contributed by atoms with E-state index in [9.17, 15) is 0 Å². The Balaban J connectivity index is -0.000000142. The molecule has 4 nitrogen and oxygen atoms in total. The van der Waals surface area contributed by atoms with Gasteiger partial charge in [0.25, 0.3) is 0 Å². The molecule has 0 bridgehead atoms. The molecule has 0 fully saturated rings. The molecule has 1 atom stereocenters. The van der Waals surface area contributed by atoms with E-state index in [2.05, 4.69) is 31.0 Å². The van der Waals surface area contributed by atoms with E-state index in [1.165, 1.54) is 5.56 Å². The number of aryl methyl sites for hydroxylation is 1. The van der Waals surface area contributed by atoms with Gasteiger partial charge in [-0.1, -0.05) is 6.92 Å². The minimum Gasteiger partial charge on any atom is -0.400 e. The summed E-state index contributed by atoms with van der Waals surface area (Å²) in [6.07, 6.45) is 4.80. The third-order valence-corrected chi connectivity index (χ3v) is 2.55. The predicted molar refractivity (Wildman–Crippen MR) is 79.6 cm³/mol. The maximum Gasteiger partial charge on any atom is 0.0319 e. The van der Waals surface area contributed by atoms with Gasteiger partial charge in [-0.05, 0) is 29.9 Å². The molecule has 1 aromatic rings. The first-order valence-corrected chi connectivity index (χ1v) is 6.51. The number of hydrogen-bond acceptors (Lipinski definition) is 5. The molecule has 1 rings (SSSR count). The Kier molecular flexibility index (Phi) is 38.4. The summed E-state index contributed by atoms with van der Waals surface area (Å²) < 4.78 is 0. The fourth-order valence-corrected chi connectivity index (χ4v) is 1.68. The van der Waals surface area contributed by atoms with Gasteiger partial charge < -0.3 is 22.2 Å². The van der Waals surface area contributed by atoms with Gasteiger partial charge in [0.2, 0.25) is 0 Å². The van der Waals surface area contributed by atoms with E-state index >= 15 is 0 Å². The van der Waals surface area contributed by atoms with Gasteiger partial charge in [-0.25, -0.2) is 0 Å². The molecule has 3 N–H and O–H groups in total. The first kappa shape index (κ1) is 27.4. The zero-order chi connectivity index (χ0) is 14.8. The van der Waals surface area contributed by atoms with Gasteiger partial charge in [0.1, 0.15) is 0 Å². The van der Waals surface area contributed by atoms with Gasteiger partial charge >= 0.3 is 0 Å². The van der Waals surface area contributed by atoms with Crippen molar-refractivity contribution in [1.29, 1.82) is 0 Å². The number of hydrogen-bond donors (Lipinski definition) is 3. The van der Waals surface area contributed by atoms with Crippen molar-refractivity contribution in [2.75, 3.05) is 27.1 Å². The molecule has 112 valence electrons. The average Bonchev–Trinajstić information content (AvgIpc) is 2.46. The van der Waals surface area contributed by atoms with Gasteiger partial charge in [0.05, 0.1) is 0 Å². The Hall–Kier alpha value is 0.0943. The maximum absolute atomic E-state index is 7.00. The van der Waals surface area contributed by atoms with Crippen molar-refractivity contribution in [2.45, 2.75) is 18.6 Å². The van der Waals surface area contributed by atoms with Gasteiger partial charge in [-0.3, -0.25) is 4.98 Å². The third kappa shape index (κ3) is 23.6. The summed E-state index contributed by atoms with van der Waals surface area (Å²) in [7, 11) is 3.00. The Bertz CT molecular complexity index is 226. The summed E-state index contributed by atoms with van der Waals surface area (Å²) >= 11 is 1.89. The van der Waals surface area contributed by atoms with Crippen molar-refractivity contribution in [1.82, 2.24) is 4.98 Å². The molecule has 0 saturated carbocycles. The van der Waals surface area contributed by atoms with Crippen LogP contribution in [0.3, 0.4) is 0 Å². The molecule has 0 aliphatic heterocycles. The summed E-state index contributed by atoms with van der Waals surface area (Å²) in [4.78, 5) is 3.97. The quantitative estimate of drug-likeness (QED) is 0.577. The van der Waals surface area contributed by atoms with Crippen molar-refractivity contribution >= 4 is 11.8 Å². The van der Waals surface area contributed by atoms with Crippen LogP contribution >= 0.6 is 11.8 Å². The van der Waals surface area contributed by atoms with Gasteiger partial charge in [0, 0.05) is 55.4 Å². The SMILES string of the molecule is CO.CO.CO.[CH2-]C(C)SCCc1ccncc1.[Ti]. The molecule has 0 spiro atoms. The monoisotopic (exact) mass is 324 g/mol. The van der Waals surface area contributed by atoms with Crippen LogP contribution in [0.5, 0.6) is 0 Å². The number of pyridine rings is 1. The van der Waals surface area contributed by atoms with Crippen LogP contribution in [0.4, 0.5) is 0 Å². The summed E-state index contributed by atoms with van der Waals surface area (Å²) in [5.74, 6) is 1.15. The van der Waals surface area contributed by atoms with Crippen LogP contribution in [0.2, 0.25) is 0 Å². The summed E-state index contributed by atoms with van der Waals surface area (Å²) in [6, 6.07) is 4.13. The smallest absolute Gasteiger partial charge is 0.0319 e. The second-order valence-corrected chi connectivity index (χ2v) is 4.33. The van der Waals surface area contributed by atoms with E-state index in [0.717, 1.165) is 33.5 Å². The molecule has 0 aliphatic carbocycles. The molecule has 0 aromatic carbocycles. The largest absolute Gasteiger partial charge is 0.400 e. The van der Waals surface area contributed by atoms with E-state index in [4.69, 9.17) is 15.3 Å². The standard InChI is InChI=1S/C10H14NS.3CH4O.Ti/c1-9(2)12-8-5-10-3-6-11-7-4-10;3*1-2;/h3-4,6-7,9H,1,5,8H2,2H3;3*2H,1H3;/q-1;;;;. The van der Waals surface area contributed by atoms with Crippen LogP contribution in [-0.4, -0.2) is 52.6 Å². The molecule has 0 saturated heterocycles. The normalized spacial score (nSPS) is 9.05. The second-order valence-electron chi connectivity index (χ2n) is 2.79. The first-order chi connectivity index (χ1) is 8.79. The number of thioether (sulfide) groups is 1. The Morgan fingerprint density at radius 3 is 1.89 bits per heavy atom. The van der Waals surface area contributed by atoms with Crippen molar-refractivity contribution in [3.05, 3.63) is 37.0 Å². The number of rotatable bonds is 4. The molecule has 1 unspecified atom stereocenters.